The Kier molecular flexibility index (Phi) is 4.85. The molecule has 28 heavy (non-hydrogen) atoms. The minimum absolute atomic E-state index is 0.411. The number of ether oxygens (including phenoxy) is 3. The minimum atomic E-state index is 0.411. The molecule has 0 spiro atoms. The Morgan fingerprint density at radius 2 is 2.00 bits per heavy atom. The van der Waals surface area contributed by atoms with Crippen molar-refractivity contribution in [1.82, 2.24) is 24.7 Å². The maximum absolute atomic E-state index is 6.11. The molecule has 1 aliphatic rings. The number of aryl methyl sites for hydroxylation is 2. The van der Waals surface area contributed by atoms with Gasteiger partial charge in [0.05, 0.1) is 38.3 Å². The highest BCUT2D eigenvalue weighted by Crippen LogP contribution is 2.47. The van der Waals surface area contributed by atoms with Crippen LogP contribution in [0.1, 0.15) is 23.9 Å². The fraction of sp³-hybridized carbons (Fsp3) is 0.400. The summed E-state index contributed by atoms with van der Waals surface area (Å²) in [5.41, 5.74) is 2.71. The van der Waals surface area contributed by atoms with E-state index in [1.165, 1.54) is 0 Å². The number of rotatable bonds is 7. The van der Waals surface area contributed by atoms with Gasteiger partial charge in [0, 0.05) is 36.8 Å². The van der Waals surface area contributed by atoms with Crippen molar-refractivity contribution >= 4 is 0 Å². The topological polar surface area (TPSA) is 84.2 Å². The highest BCUT2D eigenvalue weighted by molar-refractivity contribution is 5.65. The van der Waals surface area contributed by atoms with Crippen LogP contribution in [0.3, 0.4) is 0 Å². The summed E-state index contributed by atoms with van der Waals surface area (Å²) in [5, 5.41) is 4.31. The fourth-order valence-electron chi connectivity index (χ4n) is 3.24. The molecule has 0 aliphatic heterocycles. The summed E-state index contributed by atoms with van der Waals surface area (Å²) >= 11 is 0. The van der Waals surface area contributed by atoms with Crippen LogP contribution in [0.5, 0.6) is 17.5 Å². The van der Waals surface area contributed by atoms with Crippen molar-refractivity contribution < 1.29 is 14.2 Å². The van der Waals surface area contributed by atoms with Crippen LogP contribution in [-0.2, 0) is 7.05 Å². The van der Waals surface area contributed by atoms with Crippen molar-refractivity contribution in [2.24, 2.45) is 13.0 Å². The Labute approximate surface area is 163 Å². The van der Waals surface area contributed by atoms with E-state index in [1.807, 2.05) is 32.2 Å². The lowest BCUT2D eigenvalue weighted by molar-refractivity contribution is 0.285. The molecular weight excluding hydrogens is 358 g/mol. The monoisotopic (exact) mass is 381 g/mol. The van der Waals surface area contributed by atoms with Crippen LogP contribution in [0.15, 0.2) is 30.6 Å². The molecular formula is C20H23N5O3. The highest BCUT2D eigenvalue weighted by Gasteiger charge is 2.40. The van der Waals surface area contributed by atoms with Crippen LogP contribution in [0.2, 0.25) is 0 Å². The number of nitrogens with zero attached hydrogens (tertiary/aromatic N) is 5. The zero-order valence-corrected chi connectivity index (χ0v) is 16.4. The molecule has 0 bridgehead atoms. The molecule has 3 heterocycles. The smallest absolute Gasteiger partial charge is 0.233 e. The van der Waals surface area contributed by atoms with Crippen LogP contribution in [0.25, 0.3) is 11.3 Å². The van der Waals surface area contributed by atoms with Crippen LogP contribution < -0.4 is 14.2 Å². The molecule has 0 saturated heterocycles. The molecule has 0 aromatic carbocycles. The summed E-state index contributed by atoms with van der Waals surface area (Å²) in [6.45, 7) is 2.43. The summed E-state index contributed by atoms with van der Waals surface area (Å²) in [7, 11) is 5.09. The molecule has 3 aromatic heterocycles. The molecule has 8 heteroatoms. The van der Waals surface area contributed by atoms with Gasteiger partial charge in [-0.3, -0.25) is 9.67 Å². The van der Waals surface area contributed by atoms with E-state index in [4.69, 9.17) is 14.2 Å². The van der Waals surface area contributed by atoms with E-state index in [-0.39, 0.29) is 0 Å². The number of hydrogen-bond donors (Lipinski definition) is 0. The Balaban J connectivity index is 1.48. The van der Waals surface area contributed by atoms with Gasteiger partial charge in [0.25, 0.3) is 0 Å². The van der Waals surface area contributed by atoms with Gasteiger partial charge in [-0.15, -0.1) is 5.10 Å². The molecule has 2 atom stereocenters. The lowest BCUT2D eigenvalue weighted by Gasteiger charge is -2.11. The van der Waals surface area contributed by atoms with E-state index in [2.05, 4.69) is 20.1 Å². The summed E-state index contributed by atoms with van der Waals surface area (Å²) in [4.78, 5) is 13.3. The largest absolute Gasteiger partial charge is 0.495 e. The Morgan fingerprint density at radius 3 is 2.68 bits per heavy atom. The molecule has 3 aromatic rings. The normalized spacial score (nSPS) is 18.0. The van der Waals surface area contributed by atoms with Crippen molar-refractivity contribution in [3.8, 4) is 28.8 Å². The average molecular weight is 381 g/mol. The van der Waals surface area contributed by atoms with E-state index in [1.54, 1.807) is 31.3 Å². The molecule has 1 fully saturated rings. The number of methoxy groups -OCH3 is 2. The van der Waals surface area contributed by atoms with Gasteiger partial charge in [0.2, 0.25) is 11.8 Å². The highest BCUT2D eigenvalue weighted by atomic mass is 16.5. The van der Waals surface area contributed by atoms with Gasteiger partial charge in [0.15, 0.2) is 0 Å². The molecule has 1 aliphatic carbocycles. The first-order valence-corrected chi connectivity index (χ1v) is 9.13. The minimum Gasteiger partial charge on any atom is -0.495 e. The fourth-order valence-corrected chi connectivity index (χ4v) is 3.24. The van der Waals surface area contributed by atoms with E-state index in [0.29, 0.717) is 36.0 Å². The molecule has 8 nitrogen and oxygen atoms in total. The average Bonchev–Trinajstić information content (AvgIpc) is 3.40. The van der Waals surface area contributed by atoms with E-state index in [9.17, 15) is 0 Å². The van der Waals surface area contributed by atoms with Gasteiger partial charge >= 0.3 is 0 Å². The summed E-state index contributed by atoms with van der Waals surface area (Å²) < 4.78 is 18.2. The third-order valence-electron chi connectivity index (χ3n) is 4.95. The van der Waals surface area contributed by atoms with E-state index in [0.717, 1.165) is 29.1 Å². The molecule has 0 N–H and O–H groups in total. The standard InChI is InChI=1S/C20H23N5O3/c1-12-21-10-16(18-8-19(27-4)24-25(18)2)20(23-12)28-11-13-7-15(13)17-6-5-14(26-3)9-22-17/h5-6,8-10,13,15H,7,11H2,1-4H3/t13?,15-/m1/s1. The zero-order chi connectivity index (χ0) is 19.7. The predicted molar refractivity (Wildman–Crippen MR) is 103 cm³/mol. The number of hydrogen-bond acceptors (Lipinski definition) is 7. The van der Waals surface area contributed by atoms with Crippen LogP contribution in [0, 0.1) is 12.8 Å². The van der Waals surface area contributed by atoms with Crippen LogP contribution >= 0.6 is 0 Å². The van der Waals surface area contributed by atoms with Gasteiger partial charge in [0.1, 0.15) is 11.6 Å². The van der Waals surface area contributed by atoms with Crippen molar-refractivity contribution in [2.75, 3.05) is 20.8 Å². The lowest BCUT2D eigenvalue weighted by Crippen LogP contribution is -2.06. The van der Waals surface area contributed by atoms with Crippen LogP contribution in [0.4, 0.5) is 0 Å². The van der Waals surface area contributed by atoms with Crippen molar-refractivity contribution in [3.05, 3.63) is 42.1 Å². The van der Waals surface area contributed by atoms with Gasteiger partial charge < -0.3 is 14.2 Å². The first kappa shape index (κ1) is 18.2. The Hall–Kier alpha value is -3.16. The molecule has 0 amide bonds. The lowest BCUT2D eigenvalue weighted by atomic mass is 10.2. The maximum Gasteiger partial charge on any atom is 0.233 e. The van der Waals surface area contributed by atoms with Gasteiger partial charge in [-0.25, -0.2) is 4.98 Å². The summed E-state index contributed by atoms with van der Waals surface area (Å²) in [5.74, 6) is 3.37. The maximum atomic E-state index is 6.11. The second-order valence-corrected chi connectivity index (χ2v) is 6.87. The van der Waals surface area contributed by atoms with Crippen molar-refractivity contribution in [2.45, 2.75) is 19.3 Å². The molecule has 146 valence electrons. The van der Waals surface area contributed by atoms with Gasteiger partial charge in [-0.1, -0.05) is 0 Å². The number of aromatic nitrogens is 5. The summed E-state index contributed by atoms with van der Waals surface area (Å²) in [6, 6.07) is 5.81. The molecule has 1 unspecified atom stereocenters. The Bertz CT molecular complexity index is 970. The zero-order valence-electron chi connectivity index (χ0n) is 16.4. The van der Waals surface area contributed by atoms with Gasteiger partial charge in [-0.05, 0) is 25.5 Å². The second-order valence-electron chi connectivity index (χ2n) is 6.87. The summed E-state index contributed by atoms with van der Waals surface area (Å²) in [6.07, 6.45) is 4.58. The predicted octanol–water partition coefficient (Wildman–Crippen LogP) is 2.78. The van der Waals surface area contributed by atoms with Crippen molar-refractivity contribution in [3.63, 3.8) is 0 Å². The third kappa shape index (κ3) is 3.62. The van der Waals surface area contributed by atoms with E-state index >= 15 is 0 Å². The quantitative estimate of drug-likeness (QED) is 0.622. The first-order valence-electron chi connectivity index (χ1n) is 9.13. The molecule has 1 saturated carbocycles. The number of pyridine rings is 1. The first-order chi connectivity index (χ1) is 13.6. The second kappa shape index (κ2) is 7.46. The van der Waals surface area contributed by atoms with E-state index < -0.39 is 0 Å². The van der Waals surface area contributed by atoms with Gasteiger partial charge in [-0.2, -0.15) is 4.98 Å². The SMILES string of the molecule is COc1ccc([C@@H]2CC2COc2nc(C)ncc2-c2cc(OC)nn2C)nc1. The Morgan fingerprint density at radius 1 is 1.14 bits per heavy atom. The third-order valence-corrected chi connectivity index (χ3v) is 4.95. The molecule has 0 radical (unpaired) electrons. The van der Waals surface area contributed by atoms with Crippen LogP contribution in [-0.4, -0.2) is 45.6 Å². The van der Waals surface area contributed by atoms with Crippen molar-refractivity contribution in [1.29, 1.82) is 0 Å². The molecule has 4 rings (SSSR count).